The van der Waals surface area contributed by atoms with Gasteiger partial charge in [0, 0.05) is 215 Å². The molecule has 0 saturated carbocycles. The number of nitrogens with two attached hydrogens (primary N) is 1. The summed E-state index contributed by atoms with van der Waals surface area (Å²) in [6, 6.07) is 76.2. The summed E-state index contributed by atoms with van der Waals surface area (Å²) < 4.78 is 9.66. The first-order chi connectivity index (χ1) is 59.8. The van der Waals surface area contributed by atoms with Gasteiger partial charge < -0.3 is 31.5 Å². The number of benzene rings is 8. The monoisotopic (exact) mass is 1600 g/mol. The van der Waals surface area contributed by atoms with Crippen LogP contribution >= 0.6 is 0 Å². The van der Waals surface area contributed by atoms with Gasteiger partial charge in [-0.2, -0.15) is 25.7 Å². The number of nitrogen functional groups attached to an aromatic ring is 1. The SMILES string of the molecule is C.C1=[N+](c2ccc(-c3cnc4c(-c5ccnc6ccccc56)cnn4c3)cc2)CCNC1.N#CC1CNCCN1c1ccc(-c2cnc3c(-c4ccnc5ccccc45)cnn3c2)cc1.Nc1ccc(-c2cnc3c(-c4ccnc5ccccc45)cnn3c2)cc1.c1ccc2c(-c3cnn4cc(-c5ccc(N6CCNCC6)cc5)cnc34)ccnc2c1. The van der Waals surface area contributed by atoms with Gasteiger partial charge in [0.1, 0.15) is 6.04 Å². The first-order valence-electron chi connectivity index (χ1n) is 40.4. The number of aromatic nitrogens is 16. The molecule has 5 N–H and O–H groups in total. The Bertz CT molecular complexity index is 7250. The highest BCUT2D eigenvalue weighted by Crippen LogP contribution is 2.37. The number of hydrogen-bond donors (Lipinski definition) is 4. The minimum Gasteiger partial charge on any atom is -0.399 e. The minimum absolute atomic E-state index is 0. The lowest BCUT2D eigenvalue weighted by Crippen LogP contribution is -2.50. The van der Waals surface area contributed by atoms with E-state index in [0.29, 0.717) is 6.54 Å². The van der Waals surface area contributed by atoms with E-state index in [2.05, 4.69) is 191 Å². The topological polar surface area (TPSA) is 268 Å². The Hall–Kier alpha value is -15.7. The molecule has 0 radical (unpaired) electrons. The van der Waals surface area contributed by atoms with Crippen LogP contribution in [0.3, 0.4) is 0 Å². The molecule has 122 heavy (non-hydrogen) atoms. The Morgan fingerprint density at radius 2 is 0.697 bits per heavy atom. The number of nitriles is 1. The Morgan fingerprint density at radius 3 is 1.07 bits per heavy atom. The second-order valence-corrected chi connectivity index (χ2v) is 29.8. The van der Waals surface area contributed by atoms with Crippen molar-refractivity contribution in [2.75, 3.05) is 81.0 Å². The van der Waals surface area contributed by atoms with E-state index in [1.165, 1.54) is 11.4 Å². The van der Waals surface area contributed by atoms with Crippen molar-refractivity contribution >= 4 is 95.2 Å². The Morgan fingerprint density at radius 1 is 0.344 bits per heavy atom. The first-order valence-corrected chi connectivity index (χ1v) is 40.4. The third-order valence-corrected chi connectivity index (χ3v) is 22.6. The van der Waals surface area contributed by atoms with Gasteiger partial charge in [0.2, 0.25) is 5.69 Å². The summed E-state index contributed by atoms with van der Waals surface area (Å²) in [5.41, 5.74) is 34.0. The zero-order valence-corrected chi connectivity index (χ0v) is 65.8. The molecule has 20 aromatic rings. The van der Waals surface area contributed by atoms with Crippen molar-refractivity contribution in [3.05, 3.63) is 318 Å². The molecule has 3 aliphatic rings. The smallest absolute Gasteiger partial charge is 0.205 e. The van der Waals surface area contributed by atoms with Crippen molar-refractivity contribution in [1.82, 2.24) is 94.3 Å². The number of anilines is 3. The zero-order chi connectivity index (χ0) is 81.0. The highest BCUT2D eigenvalue weighted by molar-refractivity contribution is 6.01. The van der Waals surface area contributed by atoms with Crippen molar-refractivity contribution in [1.29, 1.82) is 5.26 Å². The largest absolute Gasteiger partial charge is 0.399 e. The number of fused-ring (bicyclic) bond motifs is 8. The predicted octanol–water partition coefficient (Wildman–Crippen LogP) is 16.7. The van der Waals surface area contributed by atoms with Gasteiger partial charge in [-0.15, -0.1) is 0 Å². The minimum atomic E-state index is -0.144. The van der Waals surface area contributed by atoms with E-state index in [1.54, 1.807) is 0 Å². The summed E-state index contributed by atoms with van der Waals surface area (Å²) >= 11 is 0. The molecule has 2 saturated heterocycles. The van der Waals surface area contributed by atoms with E-state index in [0.717, 1.165) is 225 Å². The Kier molecular flexibility index (Phi) is 21.3. The van der Waals surface area contributed by atoms with Gasteiger partial charge >= 0.3 is 0 Å². The highest BCUT2D eigenvalue weighted by atomic mass is 15.3. The van der Waals surface area contributed by atoms with E-state index >= 15 is 0 Å². The van der Waals surface area contributed by atoms with Crippen molar-refractivity contribution < 1.29 is 4.58 Å². The summed E-state index contributed by atoms with van der Waals surface area (Å²) in [6.45, 7) is 9.48. The predicted molar refractivity (Wildman–Crippen MR) is 486 cm³/mol. The average molecular weight is 1600 g/mol. The van der Waals surface area contributed by atoms with Crippen molar-refractivity contribution in [3.63, 3.8) is 0 Å². The summed E-state index contributed by atoms with van der Waals surface area (Å²) in [5.74, 6) is 0. The molecule has 0 amide bonds. The molecule has 594 valence electrons. The maximum Gasteiger partial charge on any atom is 0.205 e. The van der Waals surface area contributed by atoms with Crippen LogP contribution in [0.2, 0.25) is 0 Å². The van der Waals surface area contributed by atoms with Gasteiger partial charge in [-0.1, -0.05) is 117 Å². The molecule has 23 rings (SSSR count). The molecular formula is C98H83N24+. The number of nitrogens with zero attached hydrogens (tertiary/aromatic N) is 20. The fourth-order valence-corrected chi connectivity index (χ4v) is 16.3. The highest BCUT2D eigenvalue weighted by Gasteiger charge is 2.24. The number of nitrogens with one attached hydrogen (secondary N) is 3. The van der Waals surface area contributed by atoms with Crippen LogP contribution in [-0.4, -0.2) is 161 Å². The third-order valence-electron chi connectivity index (χ3n) is 22.6. The standard InChI is InChI=1S/C26H21N7.C25H22N6.C25H21N6.C21H15N5.CH4/c27-13-21-15-28-11-12-32(21)20-7-5-18(6-8-20)19-14-30-26-24(16-31-33(26)17-19)22-9-10-29-25-4-2-1-3-23(22)25;2*1-2-4-24-22(3-1)21(9-10-27-24)23-16-29-31-17-19(15-28-25(23)31)18-5-7-20(8-6-18)30-13-11-26-12-14-30;22-16-7-5-14(6-8-16)15-11-24-21-19(12-25-26(21)13-15)17-9-10-23-20-4-2-1-3-18(17)20;/h1-10,14,16-17,21,28H,11-12,15H2;1-10,15-17,26H,11-14H2;1-10,13,15-17,26H,11-12,14H2;1-13H,22H2;1H4/q;;+1;;. The van der Waals surface area contributed by atoms with Gasteiger partial charge in [0.25, 0.3) is 0 Å². The number of piperazine rings is 2. The Balaban J connectivity index is 0.000000107. The lowest BCUT2D eigenvalue weighted by molar-refractivity contribution is -0.438. The summed E-state index contributed by atoms with van der Waals surface area (Å²) in [7, 11) is 0. The van der Waals surface area contributed by atoms with Crippen LogP contribution in [0.15, 0.2) is 318 Å². The number of rotatable bonds is 11. The molecule has 15 heterocycles. The first kappa shape index (κ1) is 76.3. The maximum absolute atomic E-state index is 9.45. The molecule has 24 heteroatoms. The molecule has 24 nitrogen and oxygen atoms in total. The number of hydrogen-bond acceptors (Lipinski definition) is 19. The van der Waals surface area contributed by atoms with Crippen molar-refractivity contribution in [2.45, 2.75) is 13.5 Å². The van der Waals surface area contributed by atoms with Crippen molar-refractivity contribution in [3.8, 4) is 95.1 Å². The van der Waals surface area contributed by atoms with E-state index in [9.17, 15) is 5.26 Å². The summed E-state index contributed by atoms with van der Waals surface area (Å²) in [6.07, 6.45) is 32.7. The van der Waals surface area contributed by atoms with Gasteiger partial charge in [-0.25, -0.2) is 42.6 Å². The molecule has 3 aliphatic heterocycles. The van der Waals surface area contributed by atoms with Crippen LogP contribution in [0.5, 0.6) is 0 Å². The van der Waals surface area contributed by atoms with Gasteiger partial charge in [-0.05, 0) is 142 Å². The molecule has 0 bridgehead atoms. The third kappa shape index (κ3) is 15.4. The summed E-state index contributed by atoms with van der Waals surface area (Å²) in [4.78, 5) is 41.4. The summed E-state index contributed by atoms with van der Waals surface area (Å²) in [5, 5.41) is 42.1. The lowest BCUT2D eigenvalue weighted by Gasteiger charge is -2.34. The molecule has 0 aliphatic carbocycles. The maximum atomic E-state index is 9.45. The van der Waals surface area contributed by atoms with Crippen LogP contribution in [-0.2, 0) is 0 Å². The van der Waals surface area contributed by atoms with E-state index in [-0.39, 0.29) is 13.5 Å². The van der Waals surface area contributed by atoms with Crippen LogP contribution in [0.1, 0.15) is 7.43 Å². The fourth-order valence-electron chi connectivity index (χ4n) is 16.3. The van der Waals surface area contributed by atoms with Crippen LogP contribution in [0.25, 0.3) is 155 Å². The van der Waals surface area contributed by atoms with E-state index < -0.39 is 0 Å². The second kappa shape index (κ2) is 34.1. The van der Waals surface area contributed by atoms with E-state index in [1.807, 2.05) is 232 Å². The van der Waals surface area contributed by atoms with Crippen LogP contribution in [0, 0.1) is 11.3 Å². The van der Waals surface area contributed by atoms with Gasteiger partial charge in [-0.3, -0.25) is 19.9 Å². The van der Waals surface area contributed by atoms with E-state index in [4.69, 9.17) is 20.7 Å². The lowest BCUT2D eigenvalue weighted by atomic mass is 10.0. The normalized spacial score (nSPS) is 14.0. The molecule has 0 spiro atoms. The molecular weight excluding hydrogens is 1510 g/mol. The zero-order valence-electron chi connectivity index (χ0n) is 65.8. The van der Waals surface area contributed by atoms with Crippen LogP contribution in [0.4, 0.5) is 22.7 Å². The number of para-hydroxylation sites is 4. The number of pyridine rings is 4. The Labute approximate surface area is 702 Å². The quantitative estimate of drug-likeness (QED) is 0.0692. The molecule has 12 aromatic heterocycles. The van der Waals surface area contributed by atoms with Crippen LogP contribution < -0.4 is 31.5 Å². The molecule has 2 fully saturated rings. The molecule has 1 atom stereocenters. The van der Waals surface area contributed by atoms with Crippen molar-refractivity contribution in [2.24, 2.45) is 0 Å². The molecule has 1 unspecified atom stereocenters. The average Bonchev–Trinajstić information content (AvgIpc) is 1.81. The fraction of sp³-hybridized carbons (Fsp3) is 0.122. The second-order valence-electron chi connectivity index (χ2n) is 29.8. The molecule has 8 aromatic carbocycles. The van der Waals surface area contributed by atoms with Gasteiger partial charge in [0.15, 0.2) is 35.3 Å². The van der Waals surface area contributed by atoms with Gasteiger partial charge in [0.05, 0.1) is 66.0 Å².